The highest BCUT2D eigenvalue weighted by Crippen LogP contribution is 2.68. The smallest absolute Gasteiger partial charge is 0.0781 e. The van der Waals surface area contributed by atoms with E-state index in [4.69, 9.17) is 10.7 Å². The zero-order chi connectivity index (χ0) is 25.6. The van der Waals surface area contributed by atoms with Gasteiger partial charge in [0.2, 0.25) is 0 Å². The average molecular weight is 485 g/mol. The van der Waals surface area contributed by atoms with E-state index in [1.807, 2.05) is 7.05 Å². The molecule has 0 aromatic carbocycles. The van der Waals surface area contributed by atoms with Crippen molar-refractivity contribution in [3.63, 3.8) is 0 Å². The molecule has 4 aliphatic rings. The molecule has 200 valence electrons. The molecule has 4 heteroatoms. The zero-order valence-electron chi connectivity index (χ0n) is 24.1. The van der Waals surface area contributed by atoms with E-state index in [1.165, 1.54) is 63.5 Å². The minimum atomic E-state index is 0.0268. The molecule has 4 saturated carbocycles. The van der Waals surface area contributed by atoms with Gasteiger partial charge in [0.25, 0.3) is 0 Å². The molecule has 8 atom stereocenters. The summed E-state index contributed by atoms with van der Waals surface area (Å²) in [6.45, 7) is 21.6. The summed E-state index contributed by atoms with van der Waals surface area (Å²) in [5, 5.41) is 3.27. The Morgan fingerprint density at radius 2 is 1.74 bits per heavy atom. The van der Waals surface area contributed by atoms with Crippen molar-refractivity contribution in [3.8, 4) is 0 Å². The number of hydrogen-bond acceptors (Lipinski definition) is 4. The van der Waals surface area contributed by atoms with Crippen LogP contribution in [0.5, 0.6) is 0 Å². The second-order valence-corrected chi connectivity index (χ2v) is 13.9. The fraction of sp³-hybridized carbons (Fsp3) is 0.903. The van der Waals surface area contributed by atoms with Crippen LogP contribution in [0.4, 0.5) is 0 Å². The molecule has 35 heavy (non-hydrogen) atoms. The van der Waals surface area contributed by atoms with E-state index in [-0.39, 0.29) is 5.54 Å². The summed E-state index contributed by atoms with van der Waals surface area (Å²) in [7, 11) is 2.02. The van der Waals surface area contributed by atoms with Crippen molar-refractivity contribution in [1.29, 1.82) is 0 Å². The second kappa shape index (κ2) is 10.1. The minimum absolute atomic E-state index is 0.0268. The third-order valence-corrected chi connectivity index (χ3v) is 11.8. The van der Waals surface area contributed by atoms with Gasteiger partial charge in [0.15, 0.2) is 0 Å². The van der Waals surface area contributed by atoms with Gasteiger partial charge in [-0.25, -0.2) is 0 Å². The van der Waals surface area contributed by atoms with Crippen LogP contribution < -0.4 is 11.1 Å². The molecule has 4 aliphatic carbocycles. The van der Waals surface area contributed by atoms with Crippen LogP contribution in [0.1, 0.15) is 99.3 Å². The first-order valence-electron chi connectivity index (χ1n) is 14.9. The first kappa shape index (κ1) is 27.2. The van der Waals surface area contributed by atoms with Crippen molar-refractivity contribution in [1.82, 2.24) is 10.2 Å². The van der Waals surface area contributed by atoms with Crippen LogP contribution in [-0.4, -0.2) is 48.9 Å². The first-order chi connectivity index (χ1) is 16.5. The fourth-order valence-electron chi connectivity index (χ4n) is 9.81. The Morgan fingerprint density at radius 3 is 2.43 bits per heavy atom. The third kappa shape index (κ3) is 4.65. The maximum absolute atomic E-state index is 7.60. The summed E-state index contributed by atoms with van der Waals surface area (Å²) in [6.07, 6.45) is 12.1. The van der Waals surface area contributed by atoms with Crippen LogP contribution in [0, 0.1) is 40.4 Å². The summed E-state index contributed by atoms with van der Waals surface area (Å²) in [4.78, 5) is 7.58. The Bertz CT molecular complexity index is 804. The van der Waals surface area contributed by atoms with Crippen LogP contribution in [0.2, 0.25) is 0 Å². The lowest BCUT2D eigenvalue weighted by Gasteiger charge is -2.65. The van der Waals surface area contributed by atoms with E-state index in [9.17, 15) is 0 Å². The molecule has 4 nitrogen and oxygen atoms in total. The van der Waals surface area contributed by atoms with Crippen LogP contribution in [-0.2, 0) is 0 Å². The van der Waals surface area contributed by atoms with Gasteiger partial charge >= 0.3 is 0 Å². The van der Waals surface area contributed by atoms with Crippen molar-refractivity contribution in [2.45, 2.75) is 111 Å². The molecule has 0 bridgehead atoms. The van der Waals surface area contributed by atoms with E-state index in [2.05, 4.69) is 58.3 Å². The summed E-state index contributed by atoms with van der Waals surface area (Å²) in [5.41, 5.74) is 10.9. The Balaban J connectivity index is 1.49. The summed E-state index contributed by atoms with van der Waals surface area (Å²) in [6, 6.07) is 0.450. The number of aliphatic imine (C=N–C) groups is 1. The van der Waals surface area contributed by atoms with E-state index in [0.717, 1.165) is 37.2 Å². The number of fused-ring (bicyclic) bond motifs is 5. The van der Waals surface area contributed by atoms with Crippen LogP contribution in [0.25, 0.3) is 0 Å². The maximum Gasteiger partial charge on any atom is 0.0781 e. The predicted molar refractivity (Wildman–Crippen MR) is 151 cm³/mol. The molecule has 0 spiro atoms. The van der Waals surface area contributed by atoms with E-state index < -0.39 is 0 Å². The van der Waals surface area contributed by atoms with Crippen molar-refractivity contribution in [2.24, 2.45) is 51.1 Å². The van der Waals surface area contributed by atoms with Crippen LogP contribution in [0.3, 0.4) is 0 Å². The molecule has 4 rings (SSSR count). The molecular weight excluding hydrogens is 428 g/mol. The molecule has 0 heterocycles. The molecule has 0 aliphatic heterocycles. The number of nitrogens with zero attached hydrogens (tertiary/aromatic N) is 2. The molecule has 8 unspecified atom stereocenters. The highest BCUT2D eigenvalue weighted by atomic mass is 15.2. The number of hydrogen-bond donors (Lipinski definition) is 2. The van der Waals surface area contributed by atoms with E-state index in [0.29, 0.717) is 34.6 Å². The highest BCUT2D eigenvalue weighted by Gasteiger charge is 2.65. The lowest BCUT2D eigenvalue weighted by molar-refractivity contribution is -0.127. The van der Waals surface area contributed by atoms with Gasteiger partial charge in [0, 0.05) is 42.0 Å². The van der Waals surface area contributed by atoms with Gasteiger partial charge < -0.3 is 16.0 Å². The van der Waals surface area contributed by atoms with Crippen molar-refractivity contribution in [3.05, 3.63) is 12.3 Å². The monoisotopic (exact) mass is 484 g/mol. The molecule has 0 radical (unpaired) electrons. The molecule has 0 amide bonds. The molecular formula is C31H56N4. The number of likely N-dealkylation sites (N-methyl/N-ethyl adjacent to an activating group) is 1. The Labute approximate surface area is 217 Å². The molecule has 3 N–H and O–H groups in total. The zero-order valence-corrected chi connectivity index (χ0v) is 24.1. The number of rotatable bonds is 8. The second-order valence-electron chi connectivity index (χ2n) is 13.9. The van der Waals surface area contributed by atoms with Crippen LogP contribution in [0.15, 0.2) is 17.3 Å². The van der Waals surface area contributed by atoms with Crippen molar-refractivity contribution >= 4 is 5.71 Å². The van der Waals surface area contributed by atoms with Crippen molar-refractivity contribution < 1.29 is 0 Å². The van der Waals surface area contributed by atoms with Gasteiger partial charge in [-0.05, 0) is 114 Å². The normalized spacial score (nSPS) is 43.5. The first-order valence-corrected chi connectivity index (χ1v) is 14.9. The minimum Gasteiger partial charge on any atom is -0.370 e. The lowest BCUT2D eigenvalue weighted by atomic mass is 9.41. The maximum atomic E-state index is 7.60. The molecule has 0 aromatic heterocycles. The number of nitrogens with one attached hydrogen (secondary N) is 1. The molecule has 4 fully saturated rings. The lowest BCUT2D eigenvalue weighted by Crippen LogP contribution is -2.68. The van der Waals surface area contributed by atoms with E-state index in [1.54, 1.807) is 0 Å². The fourth-order valence-corrected chi connectivity index (χ4v) is 9.81. The van der Waals surface area contributed by atoms with Gasteiger partial charge in [-0.2, -0.15) is 0 Å². The topological polar surface area (TPSA) is 53.6 Å². The Hall–Kier alpha value is -0.870. The standard InChI is InChI=1S/C31H56N4/c1-21(2)35(18-17-33-8)23(4)20-34-24(5)26-9-10-27-30(26,7)15-13-28-29(6)14-11-22(3)19-25(29)12-16-31(27,28)32/h21-22,25-28,33H,4,9-20,32H2,1-3,5-8H3. The van der Waals surface area contributed by atoms with Gasteiger partial charge in [0.1, 0.15) is 0 Å². The molecule has 0 aromatic rings. The molecule has 0 saturated heterocycles. The highest BCUT2D eigenvalue weighted by molar-refractivity contribution is 5.85. The summed E-state index contributed by atoms with van der Waals surface area (Å²) >= 11 is 0. The number of nitrogens with two attached hydrogens (primary N) is 1. The average Bonchev–Trinajstić information content (AvgIpc) is 3.16. The van der Waals surface area contributed by atoms with Gasteiger partial charge in [-0.3, -0.25) is 4.99 Å². The van der Waals surface area contributed by atoms with Crippen LogP contribution >= 0.6 is 0 Å². The van der Waals surface area contributed by atoms with Crippen molar-refractivity contribution in [2.75, 3.05) is 26.7 Å². The Morgan fingerprint density at radius 1 is 1.06 bits per heavy atom. The van der Waals surface area contributed by atoms with Gasteiger partial charge in [-0.1, -0.05) is 33.8 Å². The summed E-state index contributed by atoms with van der Waals surface area (Å²) in [5.74, 6) is 3.73. The van der Waals surface area contributed by atoms with Gasteiger partial charge in [-0.15, -0.1) is 0 Å². The van der Waals surface area contributed by atoms with Gasteiger partial charge in [0.05, 0.1) is 6.54 Å². The predicted octanol–water partition coefficient (Wildman–Crippen LogP) is 6.27. The Kier molecular flexibility index (Phi) is 7.86. The van der Waals surface area contributed by atoms with E-state index >= 15 is 0 Å². The third-order valence-electron chi connectivity index (χ3n) is 11.8. The quantitative estimate of drug-likeness (QED) is 0.399. The summed E-state index contributed by atoms with van der Waals surface area (Å²) < 4.78 is 0. The SMILES string of the molecule is C=C(CN=C(C)C1CCC2C1(C)CCC1C3(C)CCC(C)CC3CCC12N)N(CCNC)C(C)C. The largest absolute Gasteiger partial charge is 0.370 e.